The van der Waals surface area contributed by atoms with Crippen molar-refractivity contribution in [2.24, 2.45) is 0 Å². The normalized spacial score (nSPS) is 10.4. The topological polar surface area (TPSA) is 64.1 Å². The summed E-state index contributed by atoms with van der Waals surface area (Å²) in [6, 6.07) is 12.9. The average Bonchev–Trinajstić information content (AvgIpc) is 2.59. The van der Waals surface area contributed by atoms with Gasteiger partial charge in [-0.05, 0) is 35.9 Å². The van der Waals surface area contributed by atoms with Gasteiger partial charge in [-0.3, -0.25) is 9.78 Å². The molecule has 110 valence electrons. The molecular weight excluding hydrogens is 278 g/mol. The first-order valence-corrected chi connectivity index (χ1v) is 6.88. The Morgan fingerprint density at radius 3 is 2.91 bits per heavy atom. The van der Waals surface area contributed by atoms with Gasteiger partial charge in [0.2, 0.25) is 0 Å². The first-order valence-electron chi connectivity index (χ1n) is 6.88. The van der Waals surface area contributed by atoms with Gasteiger partial charge in [0.1, 0.15) is 11.4 Å². The number of benzene rings is 1. The van der Waals surface area contributed by atoms with E-state index in [1.54, 1.807) is 25.6 Å². The monoisotopic (exact) mass is 293 g/mol. The lowest BCUT2D eigenvalue weighted by molar-refractivity contribution is 0.0946. The van der Waals surface area contributed by atoms with Crippen molar-refractivity contribution in [3.8, 4) is 5.75 Å². The Kier molecular flexibility index (Phi) is 3.96. The van der Waals surface area contributed by atoms with Crippen molar-refractivity contribution in [3.63, 3.8) is 0 Å². The molecule has 0 aliphatic heterocycles. The van der Waals surface area contributed by atoms with Gasteiger partial charge in [0, 0.05) is 24.3 Å². The van der Waals surface area contributed by atoms with Crippen LogP contribution in [0.15, 0.2) is 54.9 Å². The number of carbonyl (C=O) groups is 1. The maximum Gasteiger partial charge on any atom is 0.270 e. The molecule has 0 radical (unpaired) electrons. The first-order chi connectivity index (χ1) is 10.8. The molecule has 22 heavy (non-hydrogen) atoms. The molecule has 0 aliphatic rings. The number of pyridine rings is 2. The Bertz CT molecular complexity index is 803. The number of fused-ring (bicyclic) bond motifs is 1. The maximum atomic E-state index is 12.2. The summed E-state index contributed by atoms with van der Waals surface area (Å²) >= 11 is 0. The number of ether oxygens (including phenoxy) is 1. The quantitative estimate of drug-likeness (QED) is 0.803. The minimum absolute atomic E-state index is 0.207. The van der Waals surface area contributed by atoms with Crippen molar-refractivity contribution in [3.05, 3.63) is 66.1 Å². The van der Waals surface area contributed by atoms with Gasteiger partial charge in [-0.15, -0.1) is 0 Å². The average molecular weight is 293 g/mol. The lowest BCUT2D eigenvalue weighted by Gasteiger charge is -2.06. The largest absolute Gasteiger partial charge is 0.497 e. The highest BCUT2D eigenvalue weighted by atomic mass is 16.5. The van der Waals surface area contributed by atoms with E-state index in [-0.39, 0.29) is 5.91 Å². The Balaban J connectivity index is 1.76. The van der Waals surface area contributed by atoms with Crippen LogP contribution in [-0.2, 0) is 6.54 Å². The molecule has 5 heteroatoms. The predicted octanol–water partition coefficient (Wildman–Crippen LogP) is 2.57. The number of nitrogens with one attached hydrogen (secondary N) is 1. The van der Waals surface area contributed by atoms with Gasteiger partial charge in [0.15, 0.2) is 0 Å². The number of aromatic nitrogens is 2. The van der Waals surface area contributed by atoms with Crippen LogP contribution in [0.5, 0.6) is 5.75 Å². The third kappa shape index (κ3) is 3.03. The van der Waals surface area contributed by atoms with Crippen LogP contribution in [0.4, 0.5) is 0 Å². The van der Waals surface area contributed by atoms with E-state index in [9.17, 15) is 4.79 Å². The number of hydrogen-bond donors (Lipinski definition) is 1. The third-order valence-corrected chi connectivity index (χ3v) is 3.30. The number of amides is 1. The number of rotatable bonds is 4. The highest BCUT2D eigenvalue weighted by Crippen LogP contribution is 2.19. The van der Waals surface area contributed by atoms with E-state index in [0.29, 0.717) is 12.2 Å². The second-order valence-corrected chi connectivity index (χ2v) is 4.80. The molecule has 2 aromatic heterocycles. The molecule has 0 saturated carbocycles. The number of carbonyl (C=O) groups excluding carboxylic acids is 1. The fourth-order valence-corrected chi connectivity index (χ4v) is 2.13. The van der Waals surface area contributed by atoms with Crippen molar-refractivity contribution in [1.29, 1.82) is 0 Å². The van der Waals surface area contributed by atoms with Crippen LogP contribution in [0.3, 0.4) is 0 Å². The standard InChI is InChI=1S/C17H15N3O2/c1-22-14-5-7-15-13(9-14)4-6-16(20-15)17(21)19-11-12-3-2-8-18-10-12/h2-10H,11H2,1H3,(H,19,21). The van der Waals surface area contributed by atoms with Crippen molar-refractivity contribution in [2.45, 2.75) is 6.54 Å². The van der Waals surface area contributed by atoms with Crippen LogP contribution in [0.2, 0.25) is 0 Å². The molecule has 1 N–H and O–H groups in total. The van der Waals surface area contributed by atoms with Gasteiger partial charge < -0.3 is 10.1 Å². The smallest absolute Gasteiger partial charge is 0.270 e. The van der Waals surface area contributed by atoms with Crippen LogP contribution >= 0.6 is 0 Å². The van der Waals surface area contributed by atoms with Gasteiger partial charge in [-0.2, -0.15) is 0 Å². The van der Waals surface area contributed by atoms with Crippen LogP contribution in [0.25, 0.3) is 10.9 Å². The van der Waals surface area contributed by atoms with E-state index in [1.165, 1.54) is 0 Å². The predicted molar refractivity (Wildman–Crippen MR) is 83.7 cm³/mol. The van der Waals surface area contributed by atoms with Crippen molar-refractivity contribution >= 4 is 16.8 Å². The molecule has 3 rings (SSSR count). The SMILES string of the molecule is COc1ccc2nc(C(=O)NCc3cccnc3)ccc2c1. The van der Waals surface area contributed by atoms with Gasteiger partial charge >= 0.3 is 0 Å². The Morgan fingerprint density at radius 1 is 1.23 bits per heavy atom. The van der Waals surface area contributed by atoms with Gasteiger partial charge in [0.25, 0.3) is 5.91 Å². The van der Waals surface area contributed by atoms with Crippen LogP contribution in [0.1, 0.15) is 16.1 Å². The van der Waals surface area contributed by atoms with Gasteiger partial charge in [-0.25, -0.2) is 4.98 Å². The summed E-state index contributed by atoms with van der Waals surface area (Å²) < 4.78 is 5.17. The van der Waals surface area contributed by atoms with E-state index in [4.69, 9.17) is 4.74 Å². The summed E-state index contributed by atoms with van der Waals surface area (Å²) in [5.74, 6) is 0.560. The molecule has 0 spiro atoms. The Hall–Kier alpha value is -2.95. The molecule has 5 nitrogen and oxygen atoms in total. The van der Waals surface area contributed by atoms with E-state index < -0.39 is 0 Å². The lowest BCUT2D eigenvalue weighted by Crippen LogP contribution is -2.23. The molecule has 3 aromatic rings. The highest BCUT2D eigenvalue weighted by Gasteiger charge is 2.08. The summed E-state index contributed by atoms with van der Waals surface area (Å²) in [4.78, 5) is 20.6. The highest BCUT2D eigenvalue weighted by molar-refractivity contribution is 5.95. The summed E-state index contributed by atoms with van der Waals surface area (Å²) in [5.41, 5.74) is 2.10. The maximum absolute atomic E-state index is 12.2. The van der Waals surface area contributed by atoms with E-state index in [2.05, 4.69) is 15.3 Å². The molecule has 0 fully saturated rings. The minimum Gasteiger partial charge on any atom is -0.497 e. The molecule has 1 aromatic carbocycles. The van der Waals surface area contributed by atoms with Crippen molar-refractivity contribution in [2.75, 3.05) is 7.11 Å². The zero-order valence-electron chi connectivity index (χ0n) is 12.1. The molecule has 0 saturated heterocycles. The summed E-state index contributed by atoms with van der Waals surface area (Å²) in [6.07, 6.45) is 3.42. The van der Waals surface area contributed by atoms with Crippen molar-refractivity contribution < 1.29 is 9.53 Å². The second-order valence-electron chi connectivity index (χ2n) is 4.80. The Labute approximate surface area is 128 Å². The van der Waals surface area contributed by atoms with Crippen molar-refractivity contribution in [1.82, 2.24) is 15.3 Å². The van der Waals surface area contributed by atoms with E-state index >= 15 is 0 Å². The van der Waals surface area contributed by atoms with E-state index in [1.807, 2.05) is 36.4 Å². The Morgan fingerprint density at radius 2 is 2.14 bits per heavy atom. The molecule has 0 bridgehead atoms. The molecule has 0 aliphatic carbocycles. The molecule has 0 unspecified atom stereocenters. The number of hydrogen-bond acceptors (Lipinski definition) is 4. The molecule has 0 atom stereocenters. The summed E-state index contributed by atoms with van der Waals surface area (Å²) in [6.45, 7) is 0.426. The number of nitrogens with zero attached hydrogens (tertiary/aromatic N) is 2. The minimum atomic E-state index is -0.207. The molecular formula is C17H15N3O2. The zero-order chi connectivity index (χ0) is 15.4. The van der Waals surface area contributed by atoms with Crippen LogP contribution in [0, 0.1) is 0 Å². The fourth-order valence-electron chi connectivity index (χ4n) is 2.13. The van der Waals surface area contributed by atoms with Crippen LogP contribution in [-0.4, -0.2) is 23.0 Å². The third-order valence-electron chi connectivity index (χ3n) is 3.30. The lowest BCUT2D eigenvalue weighted by atomic mass is 10.2. The molecule has 2 heterocycles. The zero-order valence-corrected chi connectivity index (χ0v) is 12.1. The summed E-state index contributed by atoms with van der Waals surface area (Å²) in [7, 11) is 1.62. The number of methoxy groups -OCH3 is 1. The van der Waals surface area contributed by atoms with E-state index in [0.717, 1.165) is 22.2 Å². The fraction of sp³-hybridized carbons (Fsp3) is 0.118. The molecule has 1 amide bonds. The van der Waals surface area contributed by atoms with Gasteiger partial charge in [-0.1, -0.05) is 12.1 Å². The second kappa shape index (κ2) is 6.22. The first kappa shape index (κ1) is 14.0. The summed E-state index contributed by atoms with van der Waals surface area (Å²) in [5, 5.41) is 3.77. The van der Waals surface area contributed by atoms with Gasteiger partial charge in [0.05, 0.1) is 12.6 Å². The van der Waals surface area contributed by atoms with Crippen LogP contribution < -0.4 is 10.1 Å².